The van der Waals surface area contributed by atoms with E-state index in [1.165, 1.54) is 6.07 Å². The molecule has 20 heavy (non-hydrogen) atoms. The van der Waals surface area contributed by atoms with Gasteiger partial charge in [0.25, 0.3) is 0 Å². The maximum absolute atomic E-state index is 12.6. The average Bonchev–Trinajstić information content (AvgIpc) is 2.46. The minimum absolute atomic E-state index is 0.0239. The number of anilines is 1. The van der Waals surface area contributed by atoms with E-state index >= 15 is 0 Å². The highest BCUT2D eigenvalue weighted by molar-refractivity contribution is 5.71. The first kappa shape index (κ1) is 13.0. The van der Waals surface area contributed by atoms with Crippen molar-refractivity contribution in [3.8, 4) is 0 Å². The van der Waals surface area contributed by atoms with E-state index in [-0.39, 0.29) is 5.65 Å². The van der Waals surface area contributed by atoms with Crippen molar-refractivity contribution in [3.63, 3.8) is 0 Å². The summed E-state index contributed by atoms with van der Waals surface area (Å²) in [5, 5.41) is 3.20. The van der Waals surface area contributed by atoms with Crippen molar-refractivity contribution in [2.24, 2.45) is 0 Å². The standard InChI is InChI=1S/C12H12F3N5/c13-12(14,15)9-2-1-8-11(18-9)19-10(7-17-8)20-5-3-16-4-6-20/h1-2,7,16H,3-6H2. The van der Waals surface area contributed by atoms with Crippen LogP contribution in [0.2, 0.25) is 0 Å². The number of nitrogens with zero attached hydrogens (tertiary/aromatic N) is 4. The minimum Gasteiger partial charge on any atom is -0.353 e. The zero-order valence-electron chi connectivity index (χ0n) is 10.5. The molecule has 1 aliphatic rings. The molecule has 2 aromatic rings. The number of halogens is 3. The van der Waals surface area contributed by atoms with E-state index in [4.69, 9.17) is 0 Å². The number of alkyl halides is 3. The third kappa shape index (κ3) is 2.51. The fourth-order valence-electron chi connectivity index (χ4n) is 2.09. The largest absolute Gasteiger partial charge is 0.433 e. The molecule has 0 spiro atoms. The molecule has 0 bridgehead atoms. The van der Waals surface area contributed by atoms with Gasteiger partial charge in [0.1, 0.15) is 17.0 Å². The highest BCUT2D eigenvalue weighted by Gasteiger charge is 2.32. The van der Waals surface area contributed by atoms with Crippen LogP contribution in [0.15, 0.2) is 18.3 Å². The number of aromatic nitrogens is 3. The van der Waals surface area contributed by atoms with Crippen LogP contribution >= 0.6 is 0 Å². The van der Waals surface area contributed by atoms with Crippen molar-refractivity contribution in [2.45, 2.75) is 6.18 Å². The van der Waals surface area contributed by atoms with Crippen molar-refractivity contribution < 1.29 is 13.2 Å². The number of rotatable bonds is 1. The molecular formula is C12H12F3N5. The fraction of sp³-hybridized carbons (Fsp3) is 0.417. The third-order valence-corrected chi connectivity index (χ3v) is 3.13. The van der Waals surface area contributed by atoms with Crippen LogP contribution in [0.1, 0.15) is 5.69 Å². The Balaban J connectivity index is 2.00. The molecule has 1 fully saturated rings. The lowest BCUT2D eigenvalue weighted by molar-refractivity contribution is -0.141. The maximum Gasteiger partial charge on any atom is 0.433 e. The monoisotopic (exact) mass is 283 g/mol. The Labute approximate surface area is 112 Å². The Morgan fingerprint density at radius 1 is 1.10 bits per heavy atom. The first-order valence-corrected chi connectivity index (χ1v) is 6.21. The Kier molecular flexibility index (Phi) is 3.17. The molecular weight excluding hydrogens is 271 g/mol. The van der Waals surface area contributed by atoms with Crippen LogP contribution in [-0.4, -0.2) is 41.1 Å². The summed E-state index contributed by atoms with van der Waals surface area (Å²) in [5.41, 5.74) is -0.565. The summed E-state index contributed by atoms with van der Waals surface area (Å²) in [4.78, 5) is 13.9. The number of nitrogens with one attached hydrogen (secondary N) is 1. The van der Waals surface area contributed by atoms with E-state index in [1.807, 2.05) is 4.90 Å². The second-order valence-corrected chi connectivity index (χ2v) is 4.50. The Morgan fingerprint density at radius 2 is 1.85 bits per heavy atom. The summed E-state index contributed by atoms with van der Waals surface area (Å²) >= 11 is 0. The molecule has 3 rings (SSSR count). The Hall–Kier alpha value is -1.96. The molecule has 0 atom stereocenters. The van der Waals surface area contributed by atoms with Gasteiger partial charge in [-0.25, -0.2) is 15.0 Å². The normalized spacial score (nSPS) is 16.6. The van der Waals surface area contributed by atoms with Gasteiger partial charge in [0.05, 0.1) is 6.20 Å². The summed E-state index contributed by atoms with van der Waals surface area (Å²) in [6.07, 6.45) is -2.90. The minimum atomic E-state index is -4.47. The smallest absolute Gasteiger partial charge is 0.353 e. The number of hydrogen-bond donors (Lipinski definition) is 1. The van der Waals surface area contributed by atoms with Crippen LogP contribution in [0.5, 0.6) is 0 Å². The summed E-state index contributed by atoms with van der Waals surface area (Å²) in [6, 6.07) is 2.21. The number of hydrogen-bond acceptors (Lipinski definition) is 5. The maximum atomic E-state index is 12.6. The molecule has 5 nitrogen and oxygen atoms in total. The van der Waals surface area contributed by atoms with Crippen molar-refractivity contribution >= 4 is 17.0 Å². The van der Waals surface area contributed by atoms with Crippen LogP contribution in [0.4, 0.5) is 19.0 Å². The molecule has 0 aliphatic carbocycles. The van der Waals surface area contributed by atoms with Crippen LogP contribution in [0.3, 0.4) is 0 Å². The first-order chi connectivity index (χ1) is 9.54. The van der Waals surface area contributed by atoms with Gasteiger partial charge in [-0.1, -0.05) is 0 Å². The van der Waals surface area contributed by atoms with Gasteiger partial charge in [0.2, 0.25) is 0 Å². The lowest BCUT2D eigenvalue weighted by atomic mass is 10.3. The zero-order chi connectivity index (χ0) is 14.2. The van der Waals surface area contributed by atoms with Gasteiger partial charge < -0.3 is 10.2 Å². The predicted octanol–water partition coefficient (Wildman–Crippen LogP) is 1.45. The van der Waals surface area contributed by atoms with Crippen LogP contribution in [-0.2, 0) is 6.18 Å². The molecule has 0 saturated carbocycles. The van der Waals surface area contributed by atoms with Gasteiger partial charge in [0.15, 0.2) is 5.65 Å². The molecule has 1 aliphatic heterocycles. The highest BCUT2D eigenvalue weighted by atomic mass is 19.4. The van der Waals surface area contributed by atoms with Crippen LogP contribution in [0, 0.1) is 0 Å². The molecule has 0 aromatic carbocycles. The van der Waals surface area contributed by atoms with Crippen molar-refractivity contribution in [1.82, 2.24) is 20.3 Å². The van der Waals surface area contributed by atoms with Crippen LogP contribution < -0.4 is 10.2 Å². The van der Waals surface area contributed by atoms with Gasteiger partial charge in [-0.05, 0) is 12.1 Å². The summed E-state index contributed by atoms with van der Waals surface area (Å²) < 4.78 is 37.9. The molecule has 2 aromatic heterocycles. The van der Waals surface area contributed by atoms with Crippen molar-refractivity contribution in [3.05, 3.63) is 24.0 Å². The van der Waals surface area contributed by atoms with E-state index in [0.717, 1.165) is 32.2 Å². The van der Waals surface area contributed by atoms with E-state index in [1.54, 1.807) is 6.20 Å². The van der Waals surface area contributed by atoms with Gasteiger partial charge in [-0.3, -0.25) is 0 Å². The third-order valence-electron chi connectivity index (χ3n) is 3.13. The van der Waals surface area contributed by atoms with Crippen molar-refractivity contribution in [2.75, 3.05) is 31.1 Å². The molecule has 3 heterocycles. The lowest BCUT2D eigenvalue weighted by Gasteiger charge is -2.28. The van der Waals surface area contributed by atoms with Gasteiger partial charge in [-0.2, -0.15) is 13.2 Å². The Bertz CT molecular complexity index is 622. The van der Waals surface area contributed by atoms with E-state index in [9.17, 15) is 13.2 Å². The zero-order valence-corrected chi connectivity index (χ0v) is 10.5. The number of fused-ring (bicyclic) bond motifs is 1. The molecule has 8 heteroatoms. The molecule has 0 radical (unpaired) electrons. The van der Waals surface area contributed by atoms with Gasteiger partial charge in [-0.15, -0.1) is 0 Å². The topological polar surface area (TPSA) is 53.9 Å². The quantitative estimate of drug-likeness (QED) is 0.858. The molecule has 0 unspecified atom stereocenters. The van der Waals surface area contributed by atoms with Crippen LogP contribution in [0.25, 0.3) is 11.2 Å². The predicted molar refractivity (Wildman–Crippen MR) is 67.4 cm³/mol. The molecule has 1 N–H and O–H groups in total. The molecule has 106 valence electrons. The molecule has 1 saturated heterocycles. The Morgan fingerprint density at radius 3 is 2.55 bits per heavy atom. The SMILES string of the molecule is FC(F)(F)c1ccc2ncc(N3CCNCC3)nc2n1. The summed E-state index contributed by atoms with van der Waals surface area (Å²) in [6.45, 7) is 3.13. The lowest BCUT2D eigenvalue weighted by Crippen LogP contribution is -2.43. The summed E-state index contributed by atoms with van der Waals surface area (Å²) in [5.74, 6) is 0.561. The average molecular weight is 283 g/mol. The van der Waals surface area contributed by atoms with Crippen molar-refractivity contribution in [1.29, 1.82) is 0 Å². The van der Waals surface area contributed by atoms with E-state index in [2.05, 4.69) is 20.3 Å². The van der Waals surface area contributed by atoms with E-state index < -0.39 is 11.9 Å². The van der Waals surface area contributed by atoms with Gasteiger partial charge >= 0.3 is 6.18 Å². The molecule has 0 amide bonds. The highest BCUT2D eigenvalue weighted by Crippen LogP contribution is 2.28. The van der Waals surface area contributed by atoms with Gasteiger partial charge in [0, 0.05) is 26.2 Å². The number of piperazine rings is 1. The second kappa shape index (κ2) is 4.86. The first-order valence-electron chi connectivity index (χ1n) is 6.21. The second-order valence-electron chi connectivity index (χ2n) is 4.50. The summed E-state index contributed by atoms with van der Waals surface area (Å²) in [7, 11) is 0. The van der Waals surface area contributed by atoms with E-state index in [0.29, 0.717) is 11.3 Å². The fourth-order valence-corrected chi connectivity index (χ4v) is 2.09. The number of pyridine rings is 1.